The summed E-state index contributed by atoms with van der Waals surface area (Å²) in [6, 6.07) is 8.37. The van der Waals surface area contributed by atoms with Crippen molar-refractivity contribution < 1.29 is 19.1 Å². The second kappa shape index (κ2) is 7.33. The Labute approximate surface area is 136 Å². The molecule has 0 spiro atoms. The molecule has 2 aromatic rings. The number of carbonyl (C=O) groups excluding carboxylic acids is 1. The van der Waals surface area contributed by atoms with Crippen LogP contribution < -0.4 is 10.1 Å². The van der Waals surface area contributed by atoms with Crippen LogP contribution >= 0.6 is 0 Å². The van der Waals surface area contributed by atoms with Gasteiger partial charge < -0.3 is 19.6 Å². The summed E-state index contributed by atoms with van der Waals surface area (Å²) >= 11 is 0. The van der Waals surface area contributed by atoms with Crippen LogP contribution in [0.3, 0.4) is 0 Å². The van der Waals surface area contributed by atoms with Crippen LogP contribution in [0.1, 0.15) is 47.4 Å². The van der Waals surface area contributed by atoms with Gasteiger partial charge in [0.15, 0.2) is 5.76 Å². The highest BCUT2D eigenvalue weighted by Crippen LogP contribution is 2.21. The summed E-state index contributed by atoms with van der Waals surface area (Å²) in [6.07, 6.45) is -0.0741. The Morgan fingerprint density at radius 2 is 2.00 bits per heavy atom. The van der Waals surface area contributed by atoms with Gasteiger partial charge in [0.2, 0.25) is 0 Å². The van der Waals surface area contributed by atoms with Gasteiger partial charge in [0.05, 0.1) is 19.3 Å². The first-order valence-corrected chi connectivity index (χ1v) is 7.68. The Morgan fingerprint density at radius 1 is 1.35 bits per heavy atom. The third-order valence-electron chi connectivity index (χ3n) is 3.86. The Balaban J connectivity index is 2.04. The van der Waals surface area contributed by atoms with Gasteiger partial charge in [-0.3, -0.25) is 4.79 Å². The monoisotopic (exact) mass is 317 g/mol. The molecule has 2 N–H and O–H groups in total. The second-order valence-corrected chi connectivity index (χ2v) is 5.55. The first-order chi connectivity index (χ1) is 11.0. The molecular formula is C18H23NO4. The van der Waals surface area contributed by atoms with E-state index in [2.05, 4.69) is 5.32 Å². The number of methoxy groups -OCH3 is 1. The van der Waals surface area contributed by atoms with Gasteiger partial charge in [-0.2, -0.15) is 0 Å². The number of nitrogens with one attached hydrogen (secondary N) is 1. The lowest BCUT2D eigenvalue weighted by Crippen LogP contribution is -2.36. The Hall–Kier alpha value is -2.27. The van der Waals surface area contributed by atoms with Crippen LogP contribution in [0.5, 0.6) is 5.75 Å². The van der Waals surface area contributed by atoms with Crippen LogP contribution in [-0.2, 0) is 6.42 Å². The predicted octanol–water partition coefficient (Wildman–Crippen LogP) is 3.01. The van der Waals surface area contributed by atoms with E-state index in [0.717, 1.165) is 23.5 Å². The number of carbonyl (C=O) groups is 1. The fourth-order valence-corrected chi connectivity index (χ4v) is 2.43. The zero-order valence-electron chi connectivity index (χ0n) is 13.9. The van der Waals surface area contributed by atoms with E-state index in [4.69, 9.17) is 9.15 Å². The van der Waals surface area contributed by atoms with Gasteiger partial charge in [-0.15, -0.1) is 0 Å². The van der Waals surface area contributed by atoms with Gasteiger partial charge in [-0.1, -0.05) is 19.1 Å². The molecule has 2 atom stereocenters. The molecule has 1 aromatic carbocycles. The molecule has 1 heterocycles. The lowest BCUT2D eigenvalue weighted by atomic mass is 10.0. The van der Waals surface area contributed by atoms with Crippen LogP contribution in [0.25, 0.3) is 0 Å². The Morgan fingerprint density at radius 3 is 2.52 bits per heavy atom. The average molecular weight is 317 g/mol. The van der Waals surface area contributed by atoms with Crippen molar-refractivity contribution in [1.29, 1.82) is 0 Å². The van der Waals surface area contributed by atoms with Gasteiger partial charge in [0.1, 0.15) is 11.5 Å². The van der Waals surface area contributed by atoms with E-state index in [1.54, 1.807) is 44.4 Å². The standard InChI is InChI=1S/C18H23NO4/c1-5-15-11(2)10-16(23-15)18(21)19-12(3)17(20)13-6-8-14(22-4)9-7-13/h6-10,12,17,20H,5H2,1-4H3,(H,19,21). The maximum atomic E-state index is 12.2. The number of hydrogen-bond donors (Lipinski definition) is 2. The lowest BCUT2D eigenvalue weighted by Gasteiger charge is -2.20. The summed E-state index contributed by atoms with van der Waals surface area (Å²) in [4.78, 5) is 12.2. The quantitative estimate of drug-likeness (QED) is 0.859. The van der Waals surface area contributed by atoms with Crippen LogP contribution in [0.4, 0.5) is 0 Å². The van der Waals surface area contributed by atoms with Crippen molar-refractivity contribution in [3.8, 4) is 5.75 Å². The number of hydrogen-bond acceptors (Lipinski definition) is 4. The third-order valence-corrected chi connectivity index (χ3v) is 3.86. The lowest BCUT2D eigenvalue weighted by molar-refractivity contribution is 0.0824. The van der Waals surface area contributed by atoms with Crippen molar-refractivity contribution in [3.63, 3.8) is 0 Å². The van der Waals surface area contributed by atoms with Crippen LogP contribution in [0.2, 0.25) is 0 Å². The van der Waals surface area contributed by atoms with Crippen LogP contribution in [-0.4, -0.2) is 24.2 Å². The zero-order chi connectivity index (χ0) is 17.0. The fraction of sp³-hybridized carbons (Fsp3) is 0.389. The maximum absolute atomic E-state index is 12.2. The first-order valence-electron chi connectivity index (χ1n) is 7.68. The van der Waals surface area contributed by atoms with Gasteiger partial charge in [0, 0.05) is 6.42 Å². The number of aryl methyl sites for hydroxylation is 2. The molecule has 1 aromatic heterocycles. The molecule has 5 nitrogen and oxygen atoms in total. The minimum atomic E-state index is -0.813. The fourth-order valence-electron chi connectivity index (χ4n) is 2.43. The molecule has 23 heavy (non-hydrogen) atoms. The Bertz CT molecular complexity index is 660. The molecule has 2 rings (SSSR count). The highest BCUT2D eigenvalue weighted by atomic mass is 16.5. The van der Waals surface area contributed by atoms with E-state index in [-0.39, 0.29) is 11.7 Å². The summed E-state index contributed by atoms with van der Waals surface area (Å²) < 4.78 is 10.6. The minimum Gasteiger partial charge on any atom is -0.497 e. The predicted molar refractivity (Wildman–Crippen MR) is 87.7 cm³/mol. The van der Waals surface area contributed by atoms with E-state index in [1.807, 2.05) is 13.8 Å². The van der Waals surface area contributed by atoms with E-state index in [1.165, 1.54) is 0 Å². The maximum Gasteiger partial charge on any atom is 0.287 e. The third kappa shape index (κ3) is 3.93. The smallest absolute Gasteiger partial charge is 0.287 e. The summed E-state index contributed by atoms with van der Waals surface area (Å²) in [5.74, 6) is 1.47. The molecule has 0 aliphatic carbocycles. The number of aliphatic hydroxyl groups excluding tert-OH is 1. The minimum absolute atomic E-state index is 0.271. The number of amides is 1. The van der Waals surface area contributed by atoms with Crippen molar-refractivity contribution in [2.45, 2.75) is 39.3 Å². The van der Waals surface area contributed by atoms with Crippen molar-refractivity contribution in [2.24, 2.45) is 0 Å². The highest BCUT2D eigenvalue weighted by Gasteiger charge is 2.21. The zero-order valence-corrected chi connectivity index (χ0v) is 13.9. The number of aliphatic hydroxyl groups is 1. The molecule has 0 fully saturated rings. The summed E-state index contributed by atoms with van der Waals surface area (Å²) in [5, 5.41) is 13.1. The van der Waals surface area contributed by atoms with E-state index >= 15 is 0 Å². The van der Waals surface area contributed by atoms with Gasteiger partial charge >= 0.3 is 0 Å². The SMILES string of the molecule is CCc1oc(C(=O)NC(C)C(O)c2ccc(OC)cc2)cc1C. The average Bonchev–Trinajstić information content (AvgIpc) is 2.95. The summed E-state index contributed by atoms with van der Waals surface area (Å²) in [7, 11) is 1.59. The second-order valence-electron chi connectivity index (χ2n) is 5.55. The molecule has 0 aliphatic rings. The largest absolute Gasteiger partial charge is 0.497 e. The molecule has 124 valence electrons. The van der Waals surface area contributed by atoms with Gasteiger partial charge in [0.25, 0.3) is 5.91 Å². The van der Waals surface area contributed by atoms with E-state index in [0.29, 0.717) is 5.56 Å². The first kappa shape index (κ1) is 17.1. The molecule has 0 saturated heterocycles. The summed E-state index contributed by atoms with van der Waals surface area (Å²) in [5.41, 5.74) is 1.67. The topological polar surface area (TPSA) is 71.7 Å². The molecule has 0 aliphatic heterocycles. The number of benzene rings is 1. The molecule has 5 heteroatoms. The highest BCUT2D eigenvalue weighted by molar-refractivity contribution is 5.92. The summed E-state index contributed by atoms with van der Waals surface area (Å²) in [6.45, 7) is 5.64. The van der Waals surface area contributed by atoms with Crippen LogP contribution in [0.15, 0.2) is 34.7 Å². The van der Waals surface area contributed by atoms with Crippen molar-refractivity contribution >= 4 is 5.91 Å². The number of ether oxygens (including phenoxy) is 1. The van der Waals surface area contributed by atoms with Crippen LogP contribution in [0, 0.1) is 6.92 Å². The molecule has 2 unspecified atom stereocenters. The van der Waals surface area contributed by atoms with Crippen molar-refractivity contribution in [1.82, 2.24) is 5.32 Å². The number of furan rings is 1. The van der Waals surface area contributed by atoms with E-state index in [9.17, 15) is 9.90 Å². The number of rotatable bonds is 6. The van der Waals surface area contributed by atoms with Gasteiger partial charge in [-0.25, -0.2) is 0 Å². The molecule has 0 radical (unpaired) electrons. The van der Waals surface area contributed by atoms with Crippen molar-refractivity contribution in [2.75, 3.05) is 7.11 Å². The van der Waals surface area contributed by atoms with Gasteiger partial charge in [-0.05, 0) is 43.2 Å². The molecule has 1 amide bonds. The Kier molecular flexibility index (Phi) is 5.45. The molecule has 0 saturated carbocycles. The molecule has 0 bridgehead atoms. The van der Waals surface area contributed by atoms with E-state index < -0.39 is 12.1 Å². The normalized spacial score (nSPS) is 13.4. The van der Waals surface area contributed by atoms with Crippen molar-refractivity contribution in [3.05, 3.63) is 53.0 Å². The molecular weight excluding hydrogens is 294 g/mol.